The van der Waals surface area contributed by atoms with Gasteiger partial charge in [0.2, 0.25) is 0 Å². The van der Waals surface area contributed by atoms with Crippen LogP contribution in [-0.4, -0.2) is 70.9 Å². The molecule has 1 fully saturated rings. The molecule has 2 aliphatic rings. The summed E-state index contributed by atoms with van der Waals surface area (Å²) in [6.07, 6.45) is 2.54. The maximum Gasteiger partial charge on any atom is 0.341 e. The largest absolute Gasteiger partial charge is 0.490 e. The van der Waals surface area contributed by atoms with Gasteiger partial charge in [0.1, 0.15) is 22.8 Å². The van der Waals surface area contributed by atoms with Crippen molar-refractivity contribution in [1.82, 2.24) is 4.90 Å². The summed E-state index contributed by atoms with van der Waals surface area (Å²) in [5.41, 5.74) is 1.01. The molecule has 0 spiro atoms. The number of ether oxygens (including phenoxy) is 2. The zero-order chi connectivity index (χ0) is 24.3. The van der Waals surface area contributed by atoms with Crippen molar-refractivity contribution in [3.63, 3.8) is 0 Å². The van der Waals surface area contributed by atoms with Crippen molar-refractivity contribution in [2.24, 2.45) is 0 Å². The second-order valence-corrected chi connectivity index (χ2v) is 10.5. The quantitative estimate of drug-likeness (QED) is 0.436. The van der Waals surface area contributed by atoms with Crippen molar-refractivity contribution in [2.45, 2.75) is 36.2 Å². The third-order valence-electron chi connectivity index (χ3n) is 6.17. The Hall–Kier alpha value is -2.82. The van der Waals surface area contributed by atoms with Gasteiger partial charge in [0.15, 0.2) is 0 Å². The lowest BCUT2D eigenvalue weighted by Gasteiger charge is -2.29. The number of carbonyl (C=O) groups is 1. The molecule has 10 heteroatoms. The second kappa shape index (κ2) is 10.2. The van der Waals surface area contributed by atoms with E-state index in [9.17, 15) is 18.3 Å². The van der Waals surface area contributed by atoms with Crippen LogP contribution in [0.15, 0.2) is 41.3 Å². The van der Waals surface area contributed by atoms with E-state index in [4.69, 9.17) is 9.47 Å². The van der Waals surface area contributed by atoms with E-state index in [1.165, 1.54) is 12.1 Å². The summed E-state index contributed by atoms with van der Waals surface area (Å²) >= 11 is 0. The lowest BCUT2D eigenvalue weighted by atomic mass is 9.88. The number of benzene rings is 2. The summed E-state index contributed by atoms with van der Waals surface area (Å²) in [5.74, 6) is -0.990. The number of hydrogen-bond acceptors (Lipinski definition) is 7. The number of nitrogens with one attached hydrogen (secondary N) is 2. The van der Waals surface area contributed by atoms with Gasteiger partial charge in [0, 0.05) is 24.6 Å². The number of unbranched alkanes of at least 4 members (excludes halogenated alkanes) is 1. The van der Waals surface area contributed by atoms with E-state index in [1.807, 2.05) is 14.1 Å². The van der Waals surface area contributed by atoms with Gasteiger partial charge in [0.25, 0.3) is 10.0 Å². The minimum absolute atomic E-state index is 0.0237. The standard InChI is InChI=1S/C24H31N3O6S/c1-27(2)13-6-5-12-25-18-7-3-4-8-21(18)34(30,31)26-19-10-9-17-16-11-14-32-20(16)15-33-23(17)22(19)24(28)29/h3-4,7-10,16,20,25-26H,5-6,11-15H2,1-2H3,(H,28,29). The van der Waals surface area contributed by atoms with E-state index in [-0.39, 0.29) is 40.5 Å². The highest BCUT2D eigenvalue weighted by Crippen LogP contribution is 2.44. The molecule has 0 bridgehead atoms. The summed E-state index contributed by atoms with van der Waals surface area (Å²) in [6, 6.07) is 9.84. The number of anilines is 2. The van der Waals surface area contributed by atoms with Crippen LogP contribution in [0.2, 0.25) is 0 Å². The maximum absolute atomic E-state index is 13.3. The zero-order valence-electron chi connectivity index (χ0n) is 19.4. The van der Waals surface area contributed by atoms with Gasteiger partial charge >= 0.3 is 5.97 Å². The number of hydrogen-bond donors (Lipinski definition) is 3. The number of nitrogens with zero attached hydrogens (tertiary/aromatic N) is 1. The highest BCUT2D eigenvalue weighted by atomic mass is 32.2. The Morgan fingerprint density at radius 3 is 2.71 bits per heavy atom. The van der Waals surface area contributed by atoms with Gasteiger partial charge in [0.05, 0.1) is 17.5 Å². The van der Waals surface area contributed by atoms with Gasteiger partial charge in [-0.3, -0.25) is 4.72 Å². The average Bonchev–Trinajstić information content (AvgIpc) is 3.27. The molecule has 0 aliphatic carbocycles. The SMILES string of the molecule is CN(C)CCCCNc1ccccc1S(=O)(=O)Nc1ccc2c(c1C(=O)O)OCC1OCCC21. The van der Waals surface area contributed by atoms with Crippen molar-refractivity contribution in [3.05, 3.63) is 47.5 Å². The van der Waals surface area contributed by atoms with Gasteiger partial charge in [-0.05, 0) is 58.1 Å². The molecule has 0 saturated carbocycles. The Morgan fingerprint density at radius 2 is 1.94 bits per heavy atom. The molecule has 2 aromatic rings. The molecular weight excluding hydrogens is 458 g/mol. The van der Waals surface area contributed by atoms with Crippen molar-refractivity contribution < 1.29 is 27.8 Å². The maximum atomic E-state index is 13.3. The molecule has 1 saturated heterocycles. The molecule has 0 radical (unpaired) electrons. The fraction of sp³-hybridized carbons (Fsp3) is 0.458. The molecule has 2 heterocycles. The van der Waals surface area contributed by atoms with Crippen molar-refractivity contribution >= 4 is 27.4 Å². The van der Waals surface area contributed by atoms with Crippen LogP contribution >= 0.6 is 0 Å². The lowest BCUT2D eigenvalue weighted by Crippen LogP contribution is -2.29. The molecule has 2 aromatic carbocycles. The zero-order valence-corrected chi connectivity index (χ0v) is 20.2. The van der Waals surface area contributed by atoms with Crippen LogP contribution in [0, 0.1) is 0 Å². The first-order valence-corrected chi connectivity index (χ1v) is 12.9. The Kier molecular flexibility index (Phi) is 7.30. The minimum Gasteiger partial charge on any atom is -0.490 e. The smallest absolute Gasteiger partial charge is 0.341 e. The van der Waals surface area contributed by atoms with Crippen LogP contribution in [0.1, 0.15) is 41.1 Å². The number of para-hydroxylation sites is 1. The molecule has 2 unspecified atom stereocenters. The van der Waals surface area contributed by atoms with E-state index in [2.05, 4.69) is 14.9 Å². The van der Waals surface area contributed by atoms with Crippen LogP contribution in [0.4, 0.5) is 11.4 Å². The number of aromatic carboxylic acids is 1. The molecule has 4 rings (SSSR count). The summed E-state index contributed by atoms with van der Waals surface area (Å²) in [6.45, 7) is 2.41. The predicted octanol–water partition coefficient (Wildman–Crippen LogP) is 3.20. The third kappa shape index (κ3) is 5.13. The van der Waals surface area contributed by atoms with Gasteiger partial charge in [-0.15, -0.1) is 0 Å². The highest BCUT2D eigenvalue weighted by Gasteiger charge is 2.38. The van der Waals surface area contributed by atoms with Crippen LogP contribution in [0.5, 0.6) is 5.75 Å². The van der Waals surface area contributed by atoms with E-state index < -0.39 is 16.0 Å². The average molecular weight is 490 g/mol. The van der Waals surface area contributed by atoms with Crippen molar-refractivity contribution in [3.8, 4) is 5.75 Å². The first kappa shape index (κ1) is 24.3. The number of fused-ring (bicyclic) bond motifs is 3. The van der Waals surface area contributed by atoms with E-state index >= 15 is 0 Å². The monoisotopic (exact) mass is 489 g/mol. The summed E-state index contributed by atoms with van der Waals surface area (Å²) in [5, 5.41) is 13.1. The molecule has 9 nitrogen and oxygen atoms in total. The first-order valence-electron chi connectivity index (χ1n) is 11.4. The molecule has 0 amide bonds. The number of carboxylic acid groups (broad SMARTS) is 1. The highest BCUT2D eigenvalue weighted by molar-refractivity contribution is 7.92. The summed E-state index contributed by atoms with van der Waals surface area (Å²) in [7, 11) is -0.0407. The van der Waals surface area contributed by atoms with Crippen LogP contribution in [0.25, 0.3) is 0 Å². The Labute approximate surface area is 200 Å². The Bertz CT molecular complexity index is 1150. The second-order valence-electron chi connectivity index (χ2n) is 8.87. The fourth-order valence-electron chi connectivity index (χ4n) is 4.50. The predicted molar refractivity (Wildman–Crippen MR) is 130 cm³/mol. The summed E-state index contributed by atoms with van der Waals surface area (Å²) in [4.78, 5) is 14.3. The topological polar surface area (TPSA) is 117 Å². The number of sulfonamides is 1. The van der Waals surface area contributed by atoms with E-state index in [0.29, 0.717) is 18.8 Å². The lowest BCUT2D eigenvalue weighted by molar-refractivity contribution is 0.0484. The van der Waals surface area contributed by atoms with Gasteiger partial charge < -0.3 is 24.8 Å². The molecule has 2 atom stereocenters. The first-order chi connectivity index (χ1) is 16.3. The Morgan fingerprint density at radius 1 is 1.15 bits per heavy atom. The molecular formula is C24H31N3O6S. The molecule has 34 heavy (non-hydrogen) atoms. The van der Waals surface area contributed by atoms with Crippen LogP contribution in [0.3, 0.4) is 0 Å². The fourth-order valence-corrected chi connectivity index (χ4v) is 5.76. The molecule has 0 aromatic heterocycles. The summed E-state index contributed by atoms with van der Waals surface area (Å²) < 4.78 is 40.5. The molecule has 184 valence electrons. The Balaban J connectivity index is 1.58. The number of rotatable bonds is 10. The van der Waals surface area contributed by atoms with Crippen molar-refractivity contribution in [1.29, 1.82) is 0 Å². The van der Waals surface area contributed by atoms with Crippen LogP contribution < -0.4 is 14.8 Å². The molecule has 3 N–H and O–H groups in total. The van der Waals surface area contributed by atoms with E-state index in [1.54, 1.807) is 24.3 Å². The number of carboxylic acids is 1. The minimum atomic E-state index is -4.06. The van der Waals surface area contributed by atoms with Gasteiger partial charge in [-0.25, -0.2) is 13.2 Å². The van der Waals surface area contributed by atoms with E-state index in [0.717, 1.165) is 31.4 Å². The van der Waals surface area contributed by atoms with Gasteiger partial charge in [-0.2, -0.15) is 0 Å². The normalized spacial score (nSPS) is 19.3. The van der Waals surface area contributed by atoms with Gasteiger partial charge in [-0.1, -0.05) is 18.2 Å². The third-order valence-corrected chi connectivity index (χ3v) is 7.60. The van der Waals surface area contributed by atoms with Crippen LogP contribution in [-0.2, 0) is 14.8 Å². The molecule has 2 aliphatic heterocycles. The van der Waals surface area contributed by atoms with Crippen molar-refractivity contribution in [2.75, 3.05) is 50.4 Å².